The van der Waals surface area contributed by atoms with Gasteiger partial charge in [-0.25, -0.2) is 18.1 Å². The largest absolute Gasteiger partial charge is 0.495 e. The average Bonchev–Trinajstić information content (AvgIpc) is 3.03. The second-order valence-corrected chi connectivity index (χ2v) is 13.1. The summed E-state index contributed by atoms with van der Waals surface area (Å²) < 4.78 is 33.5. The number of rotatable bonds is 9. The Kier molecular flexibility index (Phi) is 9.61. The van der Waals surface area contributed by atoms with Gasteiger partial charge in [0.2, 0.25) is 16.0 Å². The fourth-order valence-corrected chi connectivity index (χ4v) is 6.68. The van der Waals surface area contributed by atoms with Crippen molar-refractivity contribution in [2.24, 2.45) is 0 Å². The van der Waals surface area contributed by atoms with E-state index < -0.39 is 10.0 Å². The molecule has 2 aromatic carbocycles. The molecule has 0 saturated carbocycles. The Morgan fingerprint density at radius 3 is 2.45 bits per heavy atom. The Hall–Kier alpha value is -3.26. The normalized spacial score (nSPS) is 16.7. The molecule has 2 fully saturated rings. The summed E-state index contributed by atoms with van der Waals surface area (Å²) in [6, 6.07) is 12.4. The third-order valence-electron chi connectivity index (χ3n) is 7.80. The minimum absolute atomic E-state index is 0.00138. The van der Waals surface area contributed by atoms with E-state index in [9.17, 15) is 13.2 Å². The van der Waals surface area contributed by atoms with E-state index >= 15 is 0 Å². The Bertz CT molecular complexity index is 1520. The molecule has 0 aliphatic carbocycles. The molecule has 0 spiro atoms. The molecule has 2 aliphatic rings. The van der Waals surface area contributed by atoms with E-state index in [4.69, 9.17) is 4.74 Å². The van der Waals surface area contributed by atoms with Crippen molar-refractivity contribution in [3.05, 3.63) is 58.7 Å². The monoisotopic (exact) mass is 657 g/mol. The maximum Gasteiger partial charge on any atom is 0.253 e. The summed E-state index contributed by atoms with van der Waals surface area (Å²) in [6.07, 6.45) is 7.44. The summed E-state index contributed by atoms with van der Waals surface area (Å²) in [5.41, 5.74) is 1.51. The summed E-state index contributed by atoms with van der Waals surface area (Å²) in [6.45, 7) is 3.86. The fourth-order valence-electron chi connectivity index (χ4n) is 5.50. The minimum Gasteiger partial charge on any atom is -0.495 e. The zero-order valence-electron chi connectivity index (χ0n) is 23.8. The van der Waals surface area contributed by atoms with Crippen molar-refractivity contribution in [3.8, 4) is 5.75 Å². The standard InChI is InChI=1S/C29H36BrN7O4S/c1-31-42(39,40)26-9-5-4-8-24(26)33-27-22(30)19-32-29(35-27)34-23-11-10-20(18-25(23)41-2)28(38)37-16-12-21(13-17-37)36-14-6-3-7-15-36/h4-5,8-11,18-19,21,31H,3,6-7,12-17H2,1-2H3,(H2,32,33,34,35). The van der Waals surface area contributed by atoms with Crippen LogP contribution in [0.5, 0.6) is 5.75 Å². The molecule has 3 heterocycles. The topological polar surface area (TPSA) is 129 Å². The molecule has 2 aliphatic heterocycles. The lowest BCUT2D eigenvalue weighted by atomic mass is 9.99. The molecule has 1 aromatic heterocycles. The second kappa shape index (κ2) is 13.4. The third-order valence-corrected chi connectivity index (χ3v) is 9.85. The van der Waals surface area contributed by atoms with Crippen molar-refractivity contribution < 1.29 is 17.9 Å². The molecule has 5 rings (SSSR count). The van der Waals surface area contributed by atoms with Crippen LogP contribution in [0.1, 0.15) is 42.5 Å². The van der Waals surface area contributed by atoms with Gasteiger partial charge in [0.1, 0.15) is 16.5 Å². The number of hydrogen-bond acceptors (Lipinski definition) is 9. The molecule has 0 radical (unpaired) electrons. The first-order chi connectivity index (χ1) is 20.3. The highest BCUT2D eigenvalue weighted by atomic mass is 79.9. The molecule has 3 N–H and O–H groups in total. The molecule has 3 aromatic rings. The SMILES string of the molecule is CNS(=O)(=O)c1ccccc1Nc1nc(Nc2ccc(C(=O)N3CCC(N4CCCCC4)CC3)cc2OC)ncc1Br. The number of methoxy groups -OCH3 is 1. The van der Waals surface area contributed by atoms with Crippen LogP contribution in [0.25, 0.3) is 0 Å². The van der Waals surface area contributed by atoms with E-state index in [0.29, 0.717) is 39.0 Å². The number of amides is 1. The molecule has 0 atom stereocenters. The van der Waals surface area contributed by atoms with Gasteiger partial charge < -0.3 is 25.2 Å². The summed E-state index contributed by atoms with van der Waals surface area (Å²) in [5.74, 6) is 1.10. The van der Waals surface area contributed by atoms with Gasteiger partial charge in [-0.3, -0.25) is 4.79 Å². The molecule has 13 heteroatoms. The molecule has 224 valence electrons. The number of para-hydroxylation sites is 1. The van der Waals surface area contributed by atoms with Gasteiger partial charge in [0, 0.05) is 30.9 Å². The number of benzene rings is 2. The first-order valence-corrected chi connectivity index (χ1v) is 16.4. The first kappa shape index (κ1) is 30.2. The number of piperidine rings is 2. The smallest absolute Gasteiger partial charge is 0.253 e. The predicted molar refractivity (Wildman–Crippen MR) is 166 cm³/mol. The average molecular weight is 659 g/mol. The van der Waals surface area contributed by atoms with Gasteiger partial charge in [-0.2, -0.15) is 4.98 Å². The van der Waals surface area contributed by atoms with E-state index in [-0.39, 0.29) is 16.8 Å². The molecule has 11 nitrogen and oxygen atoms in total. The molecule has 0 bridgehead atoms. The van der Waals surface area contributed by atoms with Crippen LogP contribution in [-0.4, -0.2) is 80.5 Å². The van der Waals surface area contributed by atoms with Crippen molar-refractivity contribution in [1.82, 2.24) is 24.5 Å². The van der Waals surface area contributed by atoms with Gasteiger partial charge in [-0.15, -0.1) is 0 Å². The van der Waals surface area contributed by atoms with Crippen molar-refractivity contribution in [1.29, 1.82) is 0 Å². The number of ether oxygens (including phenoxy) is 1. The Balaban J connectivity index is 1.28. The maximum atomic E-state index is 13.3. The van der Waals surface area contributed by atoms with E-state index in [1.165, 1.54) is 45.5 Å². The number of sulfonamides is 1. The second-order valence-electron chi connectivity index (χ2n) is 10.4. The number of anilines is 4. The number of nitrogens with one attached hydrogen (secondary N) is 3. The highest BCUT2D eigenvalue weighted by molar-refractivity contribution is 9.10. The van der Waals surface area contributed by atoms with Crippen molar-refractivity contribution >= 4 is 55.0 Å². The fraction of sp³-hybridized carbons (Fsp3) is 0.414. The van der Waals surface area contributed by atoms with Crippen LogP contribution in [0.4, 0.5) is 23.1 Å². The van der Waals surface area contributed by atoms with Gasteiger partial charge in [0.15, 0.2) is 0 Å². The first-order valence-electron chi connectivity index (χ1n) is 14.1. The quantitative estimate of drug-likeness (QED) is 0.299. The van der Waals surface area contributed by atoms with Gasteiger partial charge in [0.25, 0.3) is 5.91 Å². The van der Waals surface area contributed by atoms with E-state index in [0.717, 1.165) is 25.9 Å². The van der Waals surface area contributed by atoms with Crippen LogP contribution in [0.15, 0.2) is 58.0 Å². The number of nitrogens with zero attached hydrogens (tertiary/aromatic N) is 4. The van der Waals surface area contributed by atoms with Crippen LogP contribution in [0.3, 0.4) is 0 Å². The molecule has 1 amide bonds. The van der Waals surface area contributed by atoms with Crippen molar-refractivity contribution in [2.45, 2.75) is 43.0 Å². The van der Waals surface area contributed by atoms with Gasteiger partial charge in [-0.1, -0.05) is 18.6 Å². The van der Waals surface area contributed by atoms with E-state index in [1.54, 1.807) is 49.7 Å². The lowest BCUT2D eigenvalue weighted by Gasteiger charge is -2.40. The maximum absolute atomic E-state index is 13.3. The zero-order chi connectivity index (χ0) is 29.7. The lowest BCUT2D eigenvalue weighted by molar-refractivity contribution is 0.0589. The van der Waals surface area contributed by atoms with Crippen molar-refractivity contribution in [3.63, 3.8) is 0 Å². The number of hydrogen-bond donors (Lipinski definition) is 3. The van der Waals surface area contributed by atoms with Crippen LogP contribution >= 0.6 is 15.9 Å². The zero-order valence-corrected chi connectivity index (χ0v) is 26.2. The number of carbonyl (C=O) groups excluding carboxylic acids is 1. The summed E-state index contributed by atoms with van der Waals surface area (Å²) in [4.78, 5) is 26.8. The van der Waals surface area contributed by atoms with Crippen LogP contribution in [-0.2, 0) is 10.0 Å². The molecule has 2 saturated heterocycles. The lowest BCUT2D eigenvalue weighted by Crippen LogP contribution is -2.48. The Labute approximate surface area is 255 Å². The van der Waals surface area contributed by atoms with Crippen LogP contribution in [0, 0.1) is 0 Å². The third kappa shape index (κ3) is 6.86. The van der Waals surface area contributed by atoms with E-state index in [2.05, 4.69) is 46.2 Å². The molecule has 42 heavy (non-hydrogen) atoms. The number of aromatic nitrogens is 2. The summed E-state index contributed by atoms with van der Waals surface area (Å²) in [5, 5.41) is 6.23. The number of likely N-dealkylation sites (tertiary alicyclic amines) is 2. The molecular weight excluding hydrogens is 622 g/mol. The molecule has 0 unspecified atom stereocenters. The number of halogens is 1. The van der Waals surface area contributed by atoms with Gasteiger partial charge in [0.05, 0.1) is 23.0 Å². The highest BCUT2D eigenvalue weighted by Gasteiger charge is 2.28. The van der Waals surface area contributed by atoms with E-state index in [1.807, 2.05) is 4.90 Å². The van der Waals surface area contributed by atoms with Gasteiger partial charge in [-0.05, 0) is 92.1 Å². The van der Waals surface area contributed by atoms with Gasteiger partial charge >= 0.3 is 0 Å². The minimum atomic E-state index is -3.69. The summed E-state index contributed by atoms with van der Waals surface area (Å²) in [7, 11) is -0.784. The van der Waals surface area contributed by atoms with Crippen molar-refractivity contribution in [2.75, 3.05) is 51.0 Å². The molecular formula is C29H36BrN7O4S. The van der Waals surface area contributed by atoms with Crippen LogP contribution in [0.2, 0.25) is 0 Å². The predicted octanol–water partition coefficient (Wildman–Crippen LogP) is 4.73. The number of carbonyl (C=O) groups is 1. The highest BCUT2D eigenvalue weighted by Crippen LogP contribution is 2.32. The Morgan fingerprint density at radius 1 is 1.00 bits per heavy atom. The summed E-state index contributed by atoms with van der Waals surface area (Å²) >= 11 is 3.43. The Morgan fingerprint density at radius 2 is 1.74 bits per heavy atom. The van der Waals surface area contributed by atoms with Crippen LogP contribution < -0.4 is 20.1 Å².